The molecule has 2 heterocycles. The Hall–Kier alpha value is -2.28. The lowest BCUT2D eigenvalue weighted by molar-refractivity contribution is -0.127. The molecule has 6 nitrogen and oxygen atoms in total. The smallest absolute Gasteiger partial charge is 0.273 e. The monoisotopic (exact) mass is 330 g/mol. The predicted octanol–water partition coefficient (Wildman–Crippen LogP) is 1.50. The van der Waals surface area contributed by atoms with E-state index in [4.69, 9.17) is 0 Å². The molecule has 3 rings (SSSR count). The Balaban J connectivity index is 1.45. The second kappa shape index (κ2) is 7.32. The zero-order valence-corrected chi connectivity index (χ0v) is 13.5. The molecule has 120 valence electrons. The number of hydrogen-bond donors (Lipinski definition) is 1. The summed E-state index contributed by atoms with van der Waals surface area (Å²) in [6, 6.07) is 10.1. The molecule has 1 atom stereocenters. The van der Waals surface area contributed by atoms with Crippen LogP contribution in [-0.4, -0.2) is 45.4 Å². The topological polar surface area (TPSA) is 75.2 Å². The molecular formula is C16H18N4O2S. The summed E-state index contributed by atoms with van der Waals surface area (Å²) >= 11 is 1.14. The summed E-state index contributed by atoms with van der Waals surface area (Å²) in [4.78, 5) is 25.8. The molecule has 1 aromatic heterocycles. The van der Waals surface area contributed by atoms with E-state index < -0.39 is 0 Å². The van der Waals surface area contributed by atoms with Crippen molar-refractivity contribution in [2.75, 3.05) is 13.1 Å². The maximum Gasteiger partial charge on any atom is 0.273 e. The van der Waals surface area contributed by atoms with E-state index in [-0.39, 0.29) is 17.9 Å². The van der Waals surface area contributed by atoms with Crippen LogP contribution >= 0.6 is 11.5 Å². The summed E-state index contributed by atoms with van der Waals surface area (Å²) in [5.41, 5.74) is 1.59. The molecule has 0 spiro atoms. The van der Waals surface area contributed by atoms with Gasteiger partial charge in [0.1, 0.15) is 0 Å². The van der Waals surface area contributed by atoms with E-state index in [1.807, 2.05) is 23.1 Å². The highest BCUT2D eigenvalue weighted by atomic mass is 32.1. The van der Waals surface area contributed by atoms with Crippen molar-refractivity contribution < 1.29 is 9.59 Å². The predicted molar refractivity (Wildman–Crippen MR) is 87.1 cm³/mol. The van der Waals surface area contributed by atoms with Crippen molar-refractivity contribution in [3.8, 4) is 0 Å². The summed E-state index contributed by atoms with van der Waals surface area (Å²) in [5.74, 6) is -0.164. The number of likely N-dealkylation sites (tertiary alicyclic amines) is 1. The molecule has 2 amide bonds. The number of nitrogens with zero attached hydrogens (tertiary/aromatic N) is 3. The van der Waals surface area contributed by atoms with Crippen LogP contribution in [0.25, 0.3) is 0 Å². The minimum atomic E-state index is -0.261. The molecule has 0 bridgehead atoms. The number of amides is 2. The third kappa shape index (κ3) is 4.13. The van der Waals surface area contributed by atoms with E-state index in [0.717, 1.165) is 30.9 Å². The number of benzene rings is 1. The van der Waals surface area contributed by atoms with Crippen LogP contribution < -0.4 is 5.32 Å². The number of hydrogen-bond acceptors (Lipinski definition) is 5. The summed E-state index contributed by atoms with van der Waals surface area (Å²) in [6.45, 7) is 1.29. The van der Waals surface area contributed by atoms with Crippen molar-refractivity contribution in [1.82, 2.24) is 19.8 Å². The Morgan fingerprint density at radius 2 is 2.17 bits per heavy atom. The lowest BCUT2D eigenvalue weighted by Gasteiger charge is -2.16. The van der Waals surface area contributed by atoms with Crippen LogP contribution in [0.15, 0.2) is 35.7 Å². The molecule has 1 aliphatic heterocycles. The van der Waals surface area contributed by atoms with E-state index >= 15 is 0 Å². The molecule has 2 aromatic rings. The van der Waals surface area contributed by atoms with Gasteiger partial charge in [-0.3, -0.25) is 9.59 Å². The first kappa shape index (κ1) is 15.6. The highest BCUT2D eigenvalue weighted by Crippen LogP contribution is 2.13. The van der Waals surface area contributed by atoms with Gasteiger partial charge in [0.05, 0.1) is 6.04 Å². The van der Waals surface area contributed by atoms with Gasteiger partial charge in [-0.25, -0.2) is 0 Å². The average Bonchev–Trinajstić information content (AvgIpc) is 3.19. The van der Waals surface area contributed by atoms with Crippen LogP contribution in [-0.2, 0) is 11.2 Å². The number of rotatable bonds is 6. The summed E-state index contributed by atoms with van der Waals surface area (Å²) in [7, 11) is 0. The normalized spacial score (nSPS) is 17.5. The van der Waals surface area contributed by atoms with Gasteiger partial charge in [-0.1, -0.05) is 34.8 Å². The Labute approximate surface area is 138 Å². The summed E-state index contributed by atoms with van der Waals surface area (Å²) in [5, 5.41) is 8.19. The van der Waals surface area contributed by atoms with Crippen molar-refractivity contribution >= 4 is 23.3 Å². The Morgan fingerprint density at radius 1 is 1.35 bits per heavy atom. The minimum absolute atomic E-state index is 0.0970. The fourth-order valence-electron chi connectivity index (χ4n) is 2.73. The first-order chi connectivity index (χ1) is 11.2. The zero-order chi connectivity index (χ0) is 16.1. The molecule has 23 heavy (non-hydrogen) atoms. The van der Waals surface area contributed by atoms with E-state index in [0.29, 0.717) is 18.7 Å². The molecule has 1 aromatic carbocycles. The lowest BCUT2D eigenvalue weighted by atomic mass is 10.1. The third-order valence-corrected chi connectivity index (χ3v) is 4.38. The van der Waals surface area contributed by atoms with Gasteiger partial charge in [0, 0.05) is 24.9 Å². The van der Waals surface area contributed by atoms with Gasteiger partial charge >= 0.3 is 0 Å². The van der Waals surface area contributed by atoms with Gasteiger partial charge in [-0.05, 0) is 29.9 Å². The molecule has 0 aliphatic carbocycles. The second-order valence-corrected chi connectivity index (χ2v) is 6.20. The van der Waals surface area contributed by atoms with Gasteiger partial charge in [0.2, 0.25) is 5.91 Å². The molecule has 1 saturated heterocycles. The third-order valence-electron chi connectivity index (χ3n) is 3.88. The lowest BCUT2D eigenvalue weighted by Crippen LogP contribution is -2.37. The van der Waals surface area contributed by atoms with Crippen LogP contribution in [0.4, 0.5) is 0 Å². The molecule has 1 N–H and O–H groups in total. The van der Waals surface area contributed by atoms with Crippen molar-refractivity contribution in [1.29, 1.82) is 0 Å². The SMILES string of the molecule is O=C(N[C@@H]1CC(=O)N(CCCc2ccccc2)C1)c1csnn1. The average molecular weight is 330 g/mol. The highest BCUT2D eigenvalue weighted by molar-refractivity contribution is 7.03. The Kier molecular flexibility index (Phi) is 4.97. The van der Waals surface area contributed by atoms with Gasteiger partial charge in [0.15, 0.2) is 5.69 Å². The molecule has 0 saturated carbocycles. The zero-order valence-electron chi connectivity index (χ0n) is 12.6. The summed E-state index contributed by atoms with van der Waals surface area (Å²) in [6.07, 6.45) is 2.23. The molecule has 1 aliphatic rings. The Morgan fingerprint density at radius 3 is 2.91 bits per heavy atom. The number of nitrogens with one attached hydrogen (secondary N) is 1. The Bertz CT molecular complexity index is 660. The van der Waals surface area contributed by atoms with Crippen LogP contribution in [0, 0.1) is 0 Å². The van der Waals surface area contributed by atoms with Crippen molar-refractivity contribution in [3.05, 3.63) is 47.0 Å². The summed E-state index contributed by atoms with van der Waals surface area (Å²) < 4.78 is 3.67. The van der Waals surface area contributed by atoms with Crippen LogP contribution in [0.5, 0.6) is 0 Å². The standard InChI is InChI=1S/C16H18N4O2S/c21-15-9-13(17-16(22)14-11-23-19-18-14)10-20(15)8-4-7-12-5-2-1-3-6-12/h1-3,5-6,11,13H,4,7-10H2,(H,17,22)/t13-/m1/s1. The van der Waals surface area contributed by atoms with Crippen LogP contribution in [0.3, 0.4) is 0 Å². The quantitative estimate of drug-likeness (QED) is 0.871. The van der Waals surface area contributed by atoms with E-state index in [9.17, 15) is 9.59 Å². The number of carbonyl (C=O) groups excluding carboxylic acids is 2. The highest BCUT2D eigenvalue weighted by Gasteiger charge is 2.30. The van der Waals surface area contributed by atoms with Crippen LogP contribution in [0.1, 0.15) is 28.9 Å². The molecule has 7 heteroatoms. The van der Waals surface area contributed by atoms with Gasteiger partial charge in [0.25, 0.3) is 5.91 Å². The fourth-order valence-corrected chi connectivity index (χ4v) is 3.16. The van der Waals surface area contributed by atoms with E-state index in [2.05, 4.69) is 27.0 Å². The molecule has 0 unspecified atom stereocenters. The number of aryl methyl sites for hydroxylation is 1. The first-order valence-electron chi connectivity index (χ1n) is 7.62. The van der Waals surface area contributed by atoms with Crippen molar-refractivity contribution in [3.63, 3.8) is 0 Å². The molecule has 1 fully saturated rings. The van der Waals surface area contributed by atoms with E-state index in [1.54, 1.807) is 5.38 Å². The first-order valence-corrected chi connectivity index (χ1v) is 8.45. The number of aromatic nitrogens is 2. The second-order valence-electron chi connectivity index (χ2n) is 5.59. The van der Waals surface area contributed by atoms with Gasteiger partial charge in [-0.15, -0.1) is 5.10 Å². The number of carbonyl (C=O) groups is 2. The van der Waals surface area contributed by atoms with Crippen LogP contribution in [0.2, 0.25) is 0 Å². The van der Waals surface area contributed by atoms with Crippen molar-refractivity contribution in [2.45, 2.75) is 25.3 Å². The minimum Gasteiger partial charge on any atom is -0.346 e. The van der Waals surface area contributed by atoms with Gasteiger partial charge < -0.3 is 10.2 Å². The fraction of sp³-hybridized carbons (Fsp3) is 0.375. The van der Waals surface area contributed by atoms with Gasteiger partial charge in [-0.2, -0.15) is 0 Å². The van der Waals surface area contributed by atoms with E-state index in [1.165, 1.54) is 5.56 Å². The maximum atomic E-state index is 12.0. The maximum absolute atomic E-state index is 12.0. The molecule has 0 radical (unpaired) electrons. The molecular weight excluding hydrogens is 312 g/mol. The van der Waals surface area contributed by atoms with Crippen molar-refractivity contribution in [2.24, 2.45) is 0 Å². The largest absolute Gasteiger partial charge is 0.346 e.